The lowest BCUT2D eigenvalue weighted by atomic mass is 9.97. The summed E-state index contributed by atoms with van der Waals surface area (Å²) in [6.45, 7) is 0. The highest BCUT2D eigenvalue weighted by Crippen LogP contribution is 2.23. The van der Waals surface area contributed by atoms with Crippen LogP contribution in [0.1, 0.15) is 12.0 Å². The number of benzene rings is 1. The fourth-order valence-corrected chi connectivity index (χ4v) is 1.66. The summed E-state index contributed by atoms with van der Waals surface area (Å²) in [6.07, 6.45) is -0.356. The third kappa shape index (κ3) is 2.30. The molecule has 1 aliphatic rings. The van der Waals surface area contributed by atoms with Crippen molar-refractivity contribution in [2.75, 3.05) is 0 Å². The monoisotopic (exact) mass is 244 g/mol. The van der Waals surface area contributed by atoms with Crippen molar-refractivity contribution < 1.29 is 27.5 Å². The maximum absolute atomic E-state index is 13.3. The standard InChI is InChI=1S/C11H7F3O3/c12-7-4-9(14)8(13)2-5(7)1-6-3-10(15)17-11(6)16/h2,4,6H,1,3H2. The molecule has 1 atom stereocenters. The molecule has 0 amide bonds. The summed E-state index contributed by atoms with van der Waals surface area (Å²) >= 11 is 0. The van der Waals surface area contributed by atoms with Crippen molar-refractivity contribution in [2.45, 2.75) is 12.8 Å². The van der Waals surface area contributed by atoms with E-state index >= 15 is 0 Å². The molecule has 0 saturated carbocycles. The lowest BCUT2D eigenvalue weighted by Gasteiger charge is -2.06. The van der Waals surface area contributed by atoms with Gasteiger partial charge in [0.2, 0.25) is 0 Å². The molecule has 1 heterocycles. The Morgan fingerprint density at radius 3 is 2.35 bits per heavy atom. The van der Waals surface area contributed by atoms with E-state index in [1.54, 1.807) is 0 Å². The zero-order valence-corrected chi connectivity index (χ0v) is 8.50. The van der Waals surface area contributed by atoms with Crippen LogP contribution in [0.4, 0.5) is 13.2 Å². The van der Waals surface area contributed by atoms with Crippen molar-refractivity contribution in [2.24, 2.45) is 5.92 Å². The largest absolute Gasteiger partial charge is 0.393 e. The van der Waals surface area contributed by atoms with Gasteiger partial charge >= 0.3 is 11.9 Å². The summed E-state index contributed by atoms with van der Waals surface area (Å²) in [6, 6.07) is 1.09. The van der Waals surface area contributed by atoms with E-state index in [4.69, 9.17) is 0 Å². The Morgan fingerprint density at radius 1 is 1.12 bits per heavy atom. The Bertz CT molecular complexity index is 499. The minimum Gasteiger partial charge on any atom is -0.393 e. The van der Waals surface area contributed by atoms with Crippen molar-refractivity contribution in [3.05, 3.63) is 35.1 Å². The van der Waals surface area contributed by atoms with Gasteiger partial charge in [0.1, 0.15) is 5.82 Å². The molecule has 0 N–H and O–H groups in total. The van der Waals surface area contributed by atoms with E-state index in [-0.39, 0.29) is 18.4 Å². The van der Waals surface area contributed by atoms with Crippen LogP contribution in [-0.4, -0.2) is 11.9 Å². The normalized spacial score (nSPS) is 19.6. The molecule has 90 valence electrons. The van der Waals surface area contributed by atoms with Crippen LogP contribution in [0.5, 0.6) is 0 Å². The summed E-state index contributed by atoms with van der Waals surface area (Å²) in [5, 5.41) is 0. The summed E-state index contributed by atoms with van der Waals surface area (Å²) in [7, 11) is 0. The molecule has 0 spiro atoms. The summed E-state index contributed by atoms with van der Waals surface area (Å²) in [5.74, 6) is -5.73. The number of rotatable bonds is 2. The van der Waals surface area contributed by atoms with Gasteiger partial charge in [0.25, 0.3) is 0 Å². The van der Waals surface area contributed by atoms with Crippen LogP contribution in [0, 0.1) is 23.4 Å². The quantitative estimate of drug-likeness (QED) is 0.452. The van der Waals surface area contributed by atoms with Crippen molar-refractivity contribution in [1.29, 1.82) is 0 Å². The van der Waals surface area contributed by atoms with Gasteiger partial charge in [-0.3, -0.25) is 9.59 Å². The van der Waals surface area contributed by atoms with Crippen molar-refractivity contribution in [1.82, 2.24) is 0 Å². The molecule has 0 aromatic heterocycles. The molecule has 0 aliphatic carbocycles. The summed E-state index contributed by atoms with van der Waals surface area (Å²) in [5.41, 5.74) is -0.152. The van der Waals surface area contributed by atoms with E-state index in [9.17, 15) is 22.8 Å². The first kappa shape index (κ1) is 11.6. The highest BCUT2D eigenvalue weighted by molar-refractivity contribution is 5.94. The van der Waals surface area contributed by atoms with Crippen LogP contribution in [0.3, 0.4) is 0 Å². The first-order valence-corrected chi connectivity index (χ1v) is 4.85. The van der Waals surface area contributed by atoms with Crippen LogP contribution < -0.4 is 0 Å². The fourth-order valence-electron chi connectivity index (χ4n) is 1.66. The van der Waals surface area contributed by atoms with Gasteiger partial charge in [-0.2, -0.15) is 0 Å². The van der Waals surface area contributed by atoms with Crippen LogP contribution in [0.2, 0.25) is 0 Å². The number of carbonyl (C=O) groups excluding carboxylic acids is 2. The van der Waals surface area contributed by atoms with Gasteiger partial charge in [0, 0.05) is 6.07 Å². The van der Waals surface area contributed by atoms with Crippen molar-refractivity contribution in [3.63, 3.8) is 0 Å². The first-order valence-electron chi connectivity index (χ1n) is 4.85. The second-order valence-corrected chi connectivity index (χ2v) is 3.76. The van der Waals surface area contributed by atoms with Crippen LogP contribution in [0.15, 0.2) is 12.1 Å². The maximum Gasteiger partial charge on any atom is 0.317 e. The number of halogens is 3. The molecule has 0 radical (unpaired) electrons. The third-order valence-corrected chi connectivity index (χ3v) is 2.52. The Balaban J connectivity index is 2.22. The van der Waals surface area contributed by atoms with Gasteiger partial charge in [0.05, 0.1) is 12.3 Å². The van der Waals surface area contributed by atoms with E-state index < -0.39 is 35.3 Å². The summed E-state index contributed by atoms with van der Waals surface area (Å²) in [4.78, 5) is 21.9. The van der Waals surface area contributed by atoms with Gasteiger partial charge in [-0.25, -0.2) is 13.2 Å². The first-order chi connectivity index (χ1) is 7.97. The Kier molecular flexibility index (Phi) is 2.87. The van der Waals surface area contributed by atoms with Crippen LogP contribution in [-0.2, 0) is 20.7 Å². The average Bonchev–Trinajstić information content (AvgIpc) is 2.54. The number of ether oxygens (including phenoxy) is 1. The molecule has 1 unspecified atom stereocenters. The van der Waals surface area contributed by atoms with E-state index in [2.05, 4.69) is 4.74 Å². The van der Waals surface area contributed by atoms with E-state index in [0.717, 1.165) is 0 Å². The molecular formula is C11H7F3O3. The molecule has 2 rings (SSSR count). The van der Waals surface area contributed by atoms with Gasteiger partial charge in [-0.1, -0.05) is 0 Å². The smallest absolute Gasteiger partial charge is 0.317 e. The zero-order chi connectivity index (χ0) is 12.6. The number of carbonyl (C=O) groups is 2. The lowest BCUT2D eigenvalue weighted by Crippen LogP contribution is -2.12. The van der Waals surface area contributed by atoms with Gasteiger partial charge in [-0.05, 0) is 18.1 Å². The number of hydrogen-bond acceptors (Lipinski definition) is 3. The average molecular weight is 244 g/mol. The van der Waals surface area contributed by atoms with Gasteiger partial charge < -0.3 is 4.74 Å². The molecule has 1 saturated heterocycles. The molecule has 3 nitrogen and oxygen atoms in total. The predicted octanol–water partition coefficient (Wildman–Crippen LogP) is 1.74. The van der Waals surface area contributed by atoms with Crippen molar-refractivity contribution >= 4 is 11.9 Å². The SMILES string of the molecule is O=C1CC(Cc2cc(F)c(F)cc2F)C(=O)O1. The number of esters is 2. The molecule has 1 aromatic carbocycles. The van der Waals surface area contributed by atoms with E-state index in [0.29, 0.717) is 12.1 Å². The maximum atomic E-state index is 13.3. The van der Waals surface area contributed by atoms with E-state index in [1.165, 1.54) is 0 Å². The van der Waals surface area contributed by atoms with Crippen molar-refractivity contribution in [3.8, 4) is 0 Å². The Hall–Kier alpha value is -1.85. The second-order valence-electron chi connectivity index (χ2n) is 3.76. The minimum atomic E-state index is -1.30. The summed E-state index contributed by atoms with van der Waals surface area (Å²) < 4.78 is 43.1. The van der Waals surface area contributed by atoms with E-state index in [1.807, 2.05) is 0 Å². The second kappa shape index (κ2) is 4.20. The lowest BCUT2D eigenvalue weighted by molar-refractivity contribution is -0.153. The predicted molar refractivity (Wildman–Crippen MR) is 49.2 cm³/mol. The fraction of sp³-hybridized carbons (Fsp3) is 0.273. The van der Waals surface area contributed by atoms with Crippen LogP contribution >= 0.6 is 0 Å². The highest BCUT2D eigenvalue weighted by Gasteiger charge is 2.34. The van der Waals surface area contributed by atoms with Crippen LogP contribution in [0.25, 0.3) is 0 Å². The van der Waals surface area contributed by atoms with Gasteiger partial charge in [0.15, 0.2) is 11.6 Å². The topological polar surface area (TPSA) is 43.4 Å². The number of hydrogen-bond donors (Lipinski definition) is 0. The number of cyclic esters (lactones) is 2. The molecule has 1 fully saturated rings. The Morgan fingerprint density at radius 2 is 1.76 bits per heavy atom. The molecular weight excluding hydrogens is 237 g/mol. The minimum absolute atomic E-state index is 0.152. The highest BCUT2D eigenvalue weighted by atomic mass is 19.2. The Labute approximate surface area is 94.2 Å². The van der Waals surface area contributed by atoms with Gasteiger partial charge in [-0.15, -0.1) is 0 Å². The molecule has 0 bridgehead atoms. The molecule has 1 aliphatic heterocycles. The zero-order valence-electron chi connectivity index (χ0n) is 8.50. The molecule has 6 heteroatoms. The molecule has 17 heavy (non-hydrogen) atoms. The third-order valence-electron chi connectivity index (χ3n) is 2.52. The molecule has 1 aromatic rings.